The zero-order valence-corrected chi connectivity index (χ0v) is 9.55. The average molecular weight is 238 g/mol. The summed E-state index contributed by atoms with van der Waals surface area (Å²) in [4.78, 5) is 17.2. The molecule has 0 radical (unpaired) electrons. The van der Waals surface area contributed by atoms with Crippen molar-refractivity contribution in [1.82, 2.24) is 4.98 Å². The normalized spacial score (nSPS) is 9.33. The fraction of sp³-hybridized carbons (Fsp3) is 0.154. The molecule has 5 heteroatoms. The summed E-state index contributed by atoms with van der Waals surface area (Å²) in [5.74, 6) is 5.87. The summed E-state index contributed by atoms with van der Waals surface area (Å²) in [6.07, 6.45) is 2.14. The Morgan fingerprint density at radius 3 is 3.11 bits per heavy atom. The molecule has 0 spiro atoms. The van der Waals surface area contributed by atoms with Crippen molar-refractivity contribution in [3.8, 4) is 11.8 Å². The summed E-state index contributed by atoms with van der Waals surface area (Å²) in [5.41, 5.74) is 9.69. The minimum atomic E-state index is -0.00776. The molecule has 0 saturated carbocycles. The van der Waals surface area contributed by atoms with Crippen LogP contribution in [-0.2, 0) is 0 Å². The molecule has 1 heterocycles. The van der Waals surface area contributed by atoms with Crippen LogP contribution in [0, 0.1) is 11.8 Å². The van der Waals surface area contributed by atoms with E-state index in [0.717, 1.165) is 11.1 Å². The van der Waals surface area contributed by atoms with E-state index in [1.165, 1.54) is 6.07 Å². The number of benzene rings is 1. The molecule has 1 aromatic carbocycles. The SMILES string of the molecule is [N-]=[N+]=NCCC#Cc1ccc2c(=O)cc[nH]c2c1. The molecule has 0 amide bonds. The molecule has 1 N–H and O–H groups in total. The molecule has 0 unspecified atom stereocenters. The predicted molar refractivity (Wildman–Crippen MR) is 70.1 cm³/mol. The van der Waals surface area contributed by atoms with E-state index in [-0.39, 0.29) is 5.43 Å². The quantitative estimate of drug-likeness (QED) is 0.282. The summed E-state index contributed by atoms with van der Waals surface area (Å²) in [6.45, 7) is 0.369. The van der Waals surface area contributed by atoms with Crippen LogP contribution in [-0.4, -0.2) is 11.5 Å². The van der Waals surface area contributed by atoms with Gasteiger partial charge in [0.15, 0.2) is 5.43 Å². The second kappa shape index (κ2) is 5.58. The fourth-order valence-corrected chi connectivity index (χ4v) is 1.57. The van der Waals surface area contributed by atoms with Crippen LogP contribution in [0.4, 0.5) is 0 Å². The van der Waals surface area contributed by atoms with Crippen LogP contribution in [0.1, 0.15) is 12.0 Å². The van der Waals surface area contributed by atoms with Gasteiger partial charge in [-0.2, -0.15) is 0 Å². The maximum Gasteiger partial charge on any atom is 0.189 e. The van der Waals surface area contributed by atoms with Crippen LogP contribution in [0.2, 0.25) is 0 Å². The first-order valence-corrected chi connectivity index (χ1v) is 5.42. The Kier molecular flexibility index (Phi) is 3.65. The molecular weight excluding hydrogens is 228 g/mol. The van der Waals surface area contributed by atoms with Crippen LogP contribution in [0.25, 0.3) is 21.3 Å². The molecule has 0 aliphatic carbocycles. The van der Waals surface area contributed by atoms with Gasteiger partial charge in [0.2, 0.25) is 0 Å². The highest BCUT2D eigenvalue weighted by Gasteiger charge is 1.97. The molecule has 18 heavy (non-hydrogen) atoms. The van der Waals surface area contributed by atoms with Gasteiger partial charge < -0.3 is 4.98 Å². The molecule has 0 atom stereocenters. The van der Waals surface area contributed by atoms with Gasteiger partial charge in [0.05, 0.1) is 5.52 Å². The van der Waals surface area contributed by atoms with Crippen LogP contribution < -0.4 is 5.43 Å². The number of aromatic nitrogens is 1. The van der Waals surface area contributed by atoms with Gasteiger partial charge >= 0.3 is 0 Å². The highest BCUT2D eigenvalue weighted by Crippen LogP contribution is 2.08. The number of aromatic amines is 1. The lowest BCUT2D eigenvalue weighted by molar-refractivity contribution is 1.01. The lowest BCUT2D eigenvalue weighted by atomic mass is 10.1. The molecule has 0 aliphatic rings. The first-order valence-electron chi connectivity index (χ1n) is 5.42. The van der Waals surface area contributed by atoms with Crippen molar-refractivity contribution < 1.29 is 0 Å². The minimum Gasteiger partial charge on any atom is -0.361 e. The monoisotopic (exact) mass is 238 g/mol. The number of H-pyrrole nitrogens is 1. The number of azide groups is 1. The van der Waals surface area contributed by atoms with Crippen molar-refractivity contribution in [3.05, 3.63) is 56.7 Å². The Balaban J connectivity index is 2.25. The van der Waals surface area contributed by atoms with E-state index >= 15 is 0 Å². The van der Waals surface area contributed by atoms with Crippen molar-refractivity contribution >= 4 is 10.9 Å². The van der Waals surface area contributed by atoms with Gasteiger partial charge in [-0.1, -0.05) is 17.0 Å². The second-order valence-corrected chi connectivity index (χ2v) is 3.61. The highest BCUT2D eigenvalue weighted by molar-refractivity contribution is 5.79. The van der Waals surface area contributed by atoms with Crippen LogP contribution >= 0.6 is 0 Å². The Hall–Kier alpha value is -2.70. The summed E-state index contributed by atoms with van der Waals surface area (Å²) < 4.78 is 0. The van der Waals surface area contributed by atoms with E-state index in [9.17, 15) is 4.79 Å². The average Bonchev–Trinajstić information content (AvgIpc) is 2.39. The van der Waals surface area contributed by atoms with Gasteiger partial charge in [-0.25, -0.2) is 0 Å². The third-order valence-corrected chi connectivity index (χ3v) is 2.39. The largest absolute Gasteiger partial charge is 0.361 e. The standard InChI is InChI=1S/C13H10N4O/c14-17-16-7-2-1-3-10-4-5-11-12(9-10)15-8-6-13(11)18/h4-6,8-9H,2,7H2,(H,15,18). The van der Waals surface area contributed by atoms with Gasteiger partial charge in [-0.05, 0) is 23.7 Å². The summed E-state index contributed by atoms with van der Waals surface area (Å²) >= 11 is 0. The van der Waals surface area contributed by atoms with Crippen LogP contribution in [0.15, 0.2) is 40.4 Å². The Morgan fingerprint density at radius 2 is 2.28 bits per heavy atom. The number of nitrogens with zero attached hydrogens (tertiary/aromatic N) is 3. The molecule has 0 aliphatic heterocycles. The van der Waals surface area contributed by atoms with Crippen molar-refractivity contribution in [3.63, 3.8) is 0 Å². The first-order chi connectivity index (χ1) is 8.81. The summed E-state index contributed by atoms with van der Waals surface area (Å²) in [7, 11) is 0. The van der Waals surface area contributed by atoms with Crippen LogP contribution in [0.5, 0.6) is 0 Å². The number of rotatable bonds is 2. The van der Waals surface area contributed by atoms with Crippen LogP contribution in [0.3, 0.4) is 0 Å². The van der Waals surface area contributed by atoms with Gasteiger partial charge in [-0.3, -0.25) is 4.79 Å². The molecule has 1 aromatic heterocycles. The molecule has 2 aromatic rings. The number of hydrogen-bond acceptors (Lipinski definition) is 2. The second-order valence-electron chi connectivity index (χ2n) is 3.61. The van der Waals surface area contributed by atoms with E-state index in [1.54, 1.807) is 18.3 Å². The Morgan fingerprint density at radius 1 is 1.39 bits per heavy atom. The number of fused-ring (bicyclic) bond motifs is 1. The topological polar surface area (TPSA) is 81.6 Å². The number of pyridine rings is 1. The zero-order chi connectivity index (χ0) is 12.8. The van der Waals surface area contributed by atoms with E-state index in [4.69, 9.17) is 5.53 Å². The fourth-order valence-electron chi connectivity index (χ4n) is 1.57. The minimum absolute atomic E-state index is 0.00776. The summed E-state index contributed by atoms with van der Waals surface area (Å²) in [5, 5.41) is 4.05. The highest BCUT2D eigenvalue weighted by atomic mass is 16.1. The van der Waals surface area contributed by atoms with Gasteiger partial charge in [0, 0.05) is 41.1 Å². The molecular formula is C13H10N4O. The lowest BCUT2D eigenvalue weighted by Gasteiger charge is -1.97. The Labute approximate surface area is 103 Å². The predicted octanol–water partition coefficient (Wildman–Crippen LogP) is 2.58. The smallest absolute Gasteiger partial charge is 0.189 e. The van der Waals surface area contributed by atoms with Crippen molar-refractivity contribution in [2.45, 2.75) is 6.42 Å². The third kappa shape index (κ3) is 2.70. The molecule has 5 nitrogen and oxygen atoms in total. The molecule has 0 saturated heterocycles. The zero-order valence-electron chi connectivity index (χ0n) is 9.55. The van der Waals surface area contributed by atoms with E-state index in [1.807, 2.05) is 6.07 Å². The Bertz CT molecular complexity index is 730. The number of hydrogen-bond donors (Lipinski definition) is 1. The van der Waals surface area contributed by atoms with E-state index in [2.05, 4.69) is 26.9 Å². The number of nitrogens with one attached hydrogen (secondary N) is 1. The molecule has 2 rings (SSSR count). The van der Waals surface area contributed by atoms with Gasteiger partial charge in [0.1, 0.15) is 0 Å². The molecule has 88 valence electrons. The first kappa shape index (κ1) is 11.8. The van der Waals surface area contributed by atoms with E-state index < -0.39 is 0 Å². The molecule has 0 fully saturated rings. The van der Waals surface area contributed by atoms with Crippen molar-refractivity contribution in [1.29, 1.82) is 0 Å². The third-order valence-electron chi connectivity index (χ3n) is 2.39. The molecule has 0 bridgehead atoms. The lowest BCUT2D eigenvalue weighted by Crippen LogP contribution is -1.99. The maximum absolute atomic E-state index is 11.5. The summed E-state index contributed by atoms with van der Waals surface area (Å²) in [6, 6.07) is 6.88. The van der Waals surface area contributed by atoms with Gasteiger partial charge in [0.25, 0.3) is 0 Å². The van der Waals surface area contributed by atoms with E-state index in [0.29, 0.717) is 18.4 Å². The maximum atomic E-state index is 11.5. The van der Waals surface area contributed by atoms with Crippen molar-refractivity contribution in [2.24, 2.45) is 5.11 Å². The van der Waals surface area contributed by atoms with Crippen molar-refractivity contribution in [2.75, 3.05) is 6.54 Å². The van der Waals surface area contributed by atoms with Gasteiger partial charge in [-0.15, -0.1) is 0 Å².